The number of hydrogen-bond donors (Lipinski definition) is 0. The van der Waals surface area contributed by atoms with Crippen molar-refractivity contribution in [2.75, 3.05) is 0 Å². The molecular weight excluding hydrogens is 426 g/mol. The van der Waals surface area contributed by atoms with Crippen LogP contribution in [0.1, 0.15) is 30.0 Å². The van der Waals surface area contributed by atoms with Gasteiger partial charge in [0.25, 0.3) is 0 Å². The van der Waals surface area contributed by atoms with Crippen LogP contribution in [0.15, 0.2) is 63.9 Å². The lowest BCUT2D eigenvalue weighted by atomic mass is 10.00. The van der Waals surface area contributed by atoms with Crippen LogP contribution in [-0.4, -0.2) is 21.2 Å². The first-order chi connectivity index (χ1) is 15.3. The lowest BCUT2D eigenvalue weighted by molar-refractivity contribution is -0.156. The van der Waals surface area contributed by atoms with Gasteiger partial charge in [0.15, 0.2) is 0 Å². The van der Waals surface area contributed by atoms with Gasteiger partial charge >= 0.3 is 11.8 Å². The number of benzene rings is 2. The molecule has 4 aromatic rings. The zero-order chi connectivity index (χ0) is 22.5. The Labute approximate surface area is 179 Å². The minimum Gasteiger partial charge on any atom is -0.423 e. The van der Waals surface area contributed by atoms with E-state index in [2.05, 4.69) is 10.3 Å². The van der Waals surface area contributed by atoms with Crippen molar-refractivity contribution in [1.29, 1.82) is 0 Å². The molecule has 0 amide bonds. The monoisotopic (exact) mass is 443 g/mol. The van der Waals surface area contributed by atoms with Crippen LogP contribution in [0, 0.1) is 11.7 Å². The average Bonchev–Trinajstić information content (AvgIpc) is 3.44. The molecule has 164 valence electrons. The summed E-state index contributed by atoms with van der Waals surface area (Å²) in [5.41, 5.74) is 1.36. The number of nitrogens with zero attached hydrogens (tertiary/aromatic N) is 3. The molecule has 1 aliphatic rings. The van der Waals surface area contributed by atoms with Gasteiger partial charge in [-0.15, -0.1) is 5.10 Å². The molecule has 32 heavy (non-hydrogen) atoms. The second kappa shape index (κ2) is 7.58. The van der Waals surface area contributed by atoms with Gasteiger partial charge in [-0.25, -0.2) is 13.9 Å². The van der Waals surface area contributed by atoms with Gasteiger partial charge in [0.2, 0.25) is 0 Å². The summed E-state index contributed by atoms with van der Waals surface area (Å²) >= 11 is 0. The molecule has 0 radical (unpaired) electrons. The van der Waals surface area contributed by atoms with Crippen LogP contribution in [0.25, 0.3) is 22.1 Å². The topological polar surface area (TPSA) is 60.9 Å². The third kappa shape index (κ3) is 4.02. The quantitative estimate of drug-likeness (QED) is 0.310. The number of halogens is 4. The van der Waals surface area contributed by atoms with E-state index in [1.54, 1.807) is 30.3 Å². The molecule has 1 aliphatic carbocycles. The highest BCUT2D eigenvalue weighted by Gasteiger charge is 2.51. The molecule has 5 nitrogen and oxygen atoms in total. The van der Waals surface area contributed by atoms with Crippen molar-refractivity contribution >= 4 is 11.0 Å². The van der Waals surface area contributed by atoms with Gasteiger partial charge in [-0.1, -0.05) is 29.5 Å². The fourth-order valence-electron chi connectivity index (χ4n) is 4.03. The summed E-state index contributed by atoms with van der Waals surface area (Å²) in [4.78, 5) is 12.1. The first-order valence-electron chi connectivity index (χ1n) is 10.1. The predicted octanol–water partition coefficient (Wildman–Crippen LogP) is 5.29. The highest BCUT2D eigenvalue weighted by Crippen LogP contribution is 2.50. The van der Waals surface area contributed by atoms with Gasteiger partial charge < -0.3 is 4.42 Å². The lowest BCUT2D eigenvalue weighted by Crippen LogP contribution is -2.23. The van der Waals surface area contributed by atoms with E-state index in [0.29, 0.717) is 40.5 Å². The van der Waals surface area contributed by atoms with E-state index in [1.165, 1.54) is 29.1 Å². The number of hydrogen-bond acceptors (Lipinski definition) is 4. The predicted molar refractivity (Wildman–Crippen MR) is 109 cm³/mol. The van der Waals surface area contributed by atoms with E-state index < -0.39 is 29.5 Å². The molecule has 1 saturated carbocycles. The first kappa shape index (κ1) is 20.4. The molecule has 2 heterocycles. The Morgan fingerprint density at radius 3 is 2.66 bits per heavy atom. The molecule has 1 unspecified atom stereocenters. The molecule has 1 fully saturated rings. The molecule has 1 atom stereocenters. The van der Waals surface area contributed by atoms with Crippen LogP contribution in [0.3, 0.4) is 0 Å². The maximum atomic E-state index is 13.7. The highest BCUT2D eigenvalue weighted by atomic mass is 19.4. The second-order valence-corrected chi connectivity index (χ2v) is 8.02. The molecule has 0 aliphatic heterocycles. The molecule has 2 aromatic heterocycles. The van der Waals surface area contributed by atoms with Crippen LogP contribution in [0.5, 0.6) is 0 Å². The summed E-state index contributed by atoms with van der Waals surface area (Å²) in [5.74, 6) is -2.46. The standard InChI is InChI=1S/C23H17F4N3O2/c24-16-3-1-2-15(9-16)18-10-21(31)32-20-8-13(4-7-17(18)20)11-30-12-19(28-29-30)22(14-5-6-14)23(25,26)27/h1-4,7-10,12,14,22H,5-6,11H2. The lowest BCUT2D eigenvalue weighted by Gasteiger charge is -2.16. The van der Waals surface area contributed by atoms with Crippen molar-refractivity contribution in [3.8, 4) is 11.1 Å². The van der Waals surface area contributed by atoms with Crippen LogP contribution >= 0.6 is 0 Å². The number of alkyl halides is 3. The zero-order valence-electron chi connectivity index (χ0n) is 16.6. The third-order valence-electron chi connectivity index (χ3n) is 5.61. The van der Waals surface area contributed by atoms with Gasteiger partial charge in [0.05, 0.1) is 12.2 Å². The summed E-state index contributed by atoms with van der Waals surface area (Å²) in [6, 6.07) is 12.3. The summed E-state index contributed by atoms with van der Waals surface area (Å²) < 4.78 is 60.5. The van der Waals surface area contributed by atoms with Crippen molar-refractivity contribution in [1.82, 2.24) is 15.0 Å². The molecule has 0 saturated heterocycles. The van der Waals surface area contributed by atoms with Gasteiger partial charge in [-0.2, -0.15) is 13.2 Å². The molecule has 9 heteroatoms. The molecule has 0 bridgehead atoms. The summed E-state index contributed by atoms with van der Waals surface area (Å²) in [6.07, 6.45) is -1.97. The van der Waals surface area contributed by atoms with Crippen LogP contribution in [-0.2, 0) is 6.54 Å². The smallest absolute Gasteiger partial charge is 0.397 e. The van der Waals surface area contributed by atoms with Crippen molar-refractivity contribution < 1.29 is 22.0 Å². The highest BCUT2D eigenvalue weighted by molar-refractivity contribution is 5.93. The maximum absolute atomic E-state index is 13.7. The summed E-state index contributed by atoms with van der Waals surface area (Å²) in [6.45, 7) is 0.159. The van der Waals surface area contributed by atoms with E-state index in [4.69, 9.17) is 4.42 Å². The molecule has 0 N–H and O–H groups in total. The van der Waals surface area contributed by atoms with E-state index in [0.717, 1.165) is 0 Å². The summed E-state index contributed by atoms with van der Waals surface area (Å²) in [7, 11) is 0. The third-order valence-corrected chi connectivity index (χ3v) is 5.61. The molecule has 2 aromatic carbocycles. The first-order valence-corrected chi connectivity index (χ1v) is 10.1. The van der Waals surface area contributed by atoms with Crippen molar-refractivity contribution in [2.24, 2.45) is 5.92 Å². The minimum absolute atomic E-state index is 0.0827. The van der Waals surface area contributed by atoms with Crippen molar-refractivity contribution in [3.63, 3.8) is 0 Å². The second-order valence-electron chi connectivity index (χ2n) is 8.02. The Bertz CT molecular complexity index is 1360. The van der Waals surface area contributed by atoms with Crippen LogP contribution in [0.4, 0.5) is 17.6 Å². The Morgan fingerprint density at radius 2 is 1.94 bits per heavy atom. The zero-order valence-corrected chi connectivity index (χ0v) is 16.6. The Morgan fingerprint density at radius 1 is 1.12 bits per heavy atom. The van der Waals surface area contributed by atoms with Crippen molar-refractivity contribution in [3.05, 3.63) is 82.2 Å². The van der Waals surface area contributed by atoms with E-state index >= 15 is 0 Å². The van der Waals surface area contributed by atoms with Crippen molar-refractivity contribution in [2.45, 2.75) is 31.5 Å². The normalized spacial score (nSPS) is 15.2. The van der Waals surface area contributed by atoms with Gasteiger partial charge in [-0.05, 0) is 53.6 Å². The minimum atomic E-state index is -4.36. The van der Waals surface area contributed by atoms with Gasteiger partial charge in [0.1, 0.15) is 17.3 Å². The number of fused-ring (bicyclic) bond motifs is 1. The fourth-order valence-corrected chi connectivity index (χ4v) is 4.03. The van der Waals surface area contributed by atoms with Crippen LogP contribution in [0.2, 0.25) is 0 Å². The molecule has 0 spiro atoms. The Hall–Kier alpha value is -3.49. The number of aromatic nitrogens is 3. The van der Waals surface area contributed by atoms with Gasteiger partial charge in [0, 0.05) is 17.6 Å². The Kier molecular flexibility index (Phi) is 4.83. The largest absolute Gasteiger partial charge is 0.423 e. The SMILES string of the molecule is O=c1cc(-c2cccc(F)c2)c2ccc(Cn3cc(C(C4CC4)C(F)(F)F)nn3)cc2o1. The Balaban J connectivity index is 1.46. The molecule has 5 rings (SSSR count). The summed E-state index contributed by atoms with van der Waals surface area (Å²) in [5, 5.41) is 8.24. The van der Waals surface area contributed by atoms with Crippen LogP contribution < -0.4 is 5.63 Å². The average molecular weight is 443 g/mol. The number of rotatable bonds is 5. The van der Waals surface area contributed by atoms with Gasteiger partial charge in [-0.3, -0.25) is 0 Å². The maximum Gasteiger partial charge on any atom is 0.397 e. The van der Waals surface area contributed by atoms with E-state index in [-0.39, 0.29) is 12.2 Å². The van der Waals surface area contributed by atoms with E-state index in [1.807, 2.05) is 0 Å². The molecular formula is C23H17F4N3O2. The fraction of sp³-hybridized carbons (Fsp3) is 0.261. The van der Waals surface area contributed by atoms with E-state index in [9.17, 15) is 22.4 Å².